The molecule has 2 aromatic rings. The number of anilines is 2. The first-order chi connectivity index (χ1) is 19.6. The van der Waals surface area contributed by atoms with Crippen LogP contribution in [0.25, 0.3) is 0 Å². The average molecular weight is 566 g/mol. The molecule has 40 heavy (non-hydrogen) atoms. The molecule has 0 bridgehead atoms. The Hall–Kier alpha value is -3.21. The van der Waals surface area contributed by atoms with Crippen LogP contribution in [0.2, 0.25) is 0 Å². The Morgan fingerprint density at radius 1 is 1.10 bits per heavy atom. The highest BCUT2D eigenvalue weighted by Crippen LogP contribution is 2.45. The van der Waals surface area contributed by atoms with Gasteiger partial charge in [-0.05, 0) is 99.4 Å². The minimum Gasteiger partial charge on any atom is -0.405 e. The minimum atomic E-state index is 0.00135. The number of pyridine rings is 1. The Morgan fingerprint density at radius 3 is 2.48 bits per heavy atom. The molecule has 0 radical (unpaired) electrons. The summed E-state index contributed by atoms with van der Waals surface area (Å²) in [5.74, 6) is 0.434. The van der Waals surface area contributed by atoms with Crippen molar-refractivity contribution < 1.29 is 9.90 Å². The van der Waals surface area contributed by atoms with Gasteiger partial charge in [0.2, 0.25) is 5.91 Å². The molecule has 0 aliphatic carbocycles. The summed E-state index contributed by atoms with van der Waals surface area (Å²) < 4.78 is 0. The molecule has 6 N–H and O–H groups in total. The van der Waals surface area contributed by atoms with Crippen molar-refractivity contribution in [2.24, 2.45) is 17.4 Å². The number of piperidine rings is 2. The number of carbonyl (C=O) groups excluding carboxylic acids is 1. The smallest absolute Gasteiger partial charge is 0.225 e. The lowest BCUT2D eigenvalue weighted by Gasteiger charge is -2.42. The highest BCUT2D eigenvalue weighted by Gasteiger charge is 2.39. The molecule has 216 valence electrons. The Morgan fingerprint density at radius 2 is 1.85 bits per heavy atom. The van der Waals surface area contributed by atoms with E-state index < -0.39 is 0 Å². The number of hydrogen-bond acceptors (Lipinski definition) is 9. The number of likely N-dealkylation sites (tertiary alicyclic amines) is 2. The third-order valence-electron chi connectivity index (χ3n) is 8.06. The summed E-state index contributed by atoms with van der Waals surface area (Å²) in [5.41, 5.74) is 15.7. The molecule has 0 saturated carbocycles. The summed E-state index contributed by atoms with van der Waals surface area (Å²) in [7, 11) is 1.00. The lowest BCUT2D eigenvalue weighted by Crippen LogP contribution is -2.50. The van der Waals surface area contributed by atoms with E-state index in [1.54, 1.807) is 18.0 Å². The highest BCUT2D eigenvalue weighted by atomic mass is 32.2. The van der Waals surface area contributed by atoms with Gasteiger partial charge in [0.15, 0.2) is 0 Å². The first-order valence-corrected chi connectivity index (χ1v) is 15.2. The van der Waals surface area contributed by atoms with Gasteiger partial charge in [0, 0.05) is 49.8 Å². The van der Waals surface area contributed by atoms with Gasteiger partial charge >= 0.3 is 0 Å². The molecule has 1 unspecified atom stereocenters. The summed E-state index contributed by atoms with van der Waals surface area (Å²) in [6, 6.07) is 13.1. The maximum Gasteiger partial charge on any atom is 0.225 e. The SMILES string of the molecule is CO.CSc1ccc2c(c1)NC(c1ccccn1)N2C1CCN(C(=O)C2CCN(CC(/C=C\N)=C/N)CC2)CC1. The monoisotopic (exact) mass is 565 g/mol. The first-order valence-electron chi connectivity index (χ1n) is 14.0. The maximum absolute atomic E-state index is 13.4. The predicted molar refractivity (Wildman–Crippen MR) is 164 cm³/mol. The Bertz CT molecular complexity index is 1160. The van der Waals surface area contributed by atoms with E-state index in [0.717, 1.165) is 82.5 Å². The number of nitrogens with one attached hydrogen (secondary N) is 1. The fourth-order valence-corrected chi connectivity index (χ4v) is 6.44. The van der Waals surface area contributed by atoms with Crippen molar-refractivity contribution >= 4 is 29.0 Å². The van der Waals surface area contributed by atoms with E-state index in [2.05, 4.69) is 55.5 Å². The number of benzene rings is 1. The lowest BCUT2D eigenvalue weighted by atomic mass is 9.93. The Balaban J connectivity index is 0.00000181. The molecule has 1 aromatic heterocycles. The van der Waals surface area contributed by atoms with Crippen molar-refractivity contribution in [3.8, 4) is 0 Å². The molecule has 2 fully saturated rings. The van der Waals surface area contributed by atoms with E-state index in [1.807, 2.05) is 24.4 Å². The second-order valence-corrected chi connectivity index (χ2v) is 11.2. The number of nitrogens with zero attached hydrogens (tertiary/aromatic N) is 4. The van der Waals surface area contributed by atoms with Crippen LogP contribution in [0.15, 0.2) is 71.5 Å². The number of nitrogens with two attached hydrogens (primary N) is 2. The molecular formula is C30H43N7O2S. The van der Waals surface area contributed by atoms with Gasteiger partial charge < -0.3 is 31.7 Å². The molecule has 3 aliphatic heterocycles. The summed E-state index contributed by atoms with van der Waals surface area (Å²) in [6.45, 7) is 4.19. The third kappa shape index (κ3) is 6.74. The molecule has 1 aromatic carbocycles. The van der Waals surface area contributed by atoms with Gasteiger partial charge in [-0.1, -0.05) is 6.07 Å². The third-order valence-corrected chi connectivity index (χ3v) is 8.78. The quantitative estimate of drug-likeness (QED) is 0.296. The van der Waals surface area contributed by atoms with Gasteiger partial charge in [-0.25, -0.2) is 0 Å². The minimum absolute atomic E-state index is 0.00135. The van der Waals surface area contributed by atoms with Gasteiger partial charge in [-0.3, -0.25) is 14.7 Å². The molecule has 9 nitrogen and oxygen atoms in total. The molecule has 10 heteroatoms. The number of thioether (sulfide) groups is 1. The number of rotatable bonds is 7. The average Bonchev–Trinajstić information content (AvgIpc) is 3.41. The van der Waals surface area contributed by atoms with Gasteiger partial charge in [0.25, 0.3) is 0 Å². The van der Waals surface area contributed by atoms with Crippen LogP contribution in [0.4, 0.5) is 11.4 Å². The molecule has 1 amide bonds. The molecule has 4 heterocycles. The van der Waals surface area contributed by atoms with Crippen molar-refractivity contribution in [3.05, 3.63) is 72.3 Å². The topological polar surface area (TPSA) is 124 Å². The van der Waals surface area contributed by atoms with Crippen molar-refractivity contribution in [2.75, 3.05) is 56.3 Å². The molecule has 3 aliphatic rings. The number of carbonyl (C=O) groups is 1. The van der Waals surface area contributed by atoms with Crippen molar-refractivity contribution in [1.82, 2.24) is 14.8 Å². The molecule has 2 saturated heterocycles. The van der Waals surface area contributed by atoms with Gasteiger partial charge in [0.05, 0.1) is 17.1 Å². The van der Waals surface area contributed by atoms with Gasteiger partial charge in [-0.15, -0.1) is 11.8 Å². The second-order valence-electron chi connectivity index (χ2n) is 10.3. The van der Waals surface area contributed by atoms with Crippen LogP contribution in [0, 0.1) is 5.92 Å². The molecule has 0 spiro atoms. The van der Waals surface area contributed by atoms with Crippen LogP contribution in [0.5, 0.6) is 0 Å². The van der Waals surface area contributed by atoms with E-state index in [0.29, 0.717) is 11.9 Å². The Labute approximate surface area is 242 Å². The van der Waals surface area contributed by atoms with E-state index in [9.17, 15) is 4.79 Å². The normalized spacial score (nSPS) is 20.7. The highest BCUT2D eigenvalue weighted by molar-refractivity contribution is 7.98. The van der Waals surface area contributed by atoms with Crippen LogP contribution >= 0.6 is 11.8 Å². The number of aromatic nitrogens is 1. The lowest BCUT2D eigenvalue weighted by molar-refractivity contribution is -0.138. The molecule has 5 rings (SSSR count). The number of aliphatic hydroxyl groups is 1. The van der Waals surface area contributed by atoms with E-state index in [1.165, 1.54) is 16.8 Å². The standard InChI is InChI=1S/C29H39N7OS.CH4O/c1-38-24-5-6-27-26(18-24)33-28(25-4-2-3-13-32-25)36(27)23-10-16-35(17-11-23)29(37)22-8-14-34(15-9-22)20-21(19-31)7-12-30;1-2/h2-7,12-13,18-19,22-23,28,33H,8-11,14-17,20,30-31H2,1H3;2H,1H3/b12-7-,21-19+;. The predicted octanol–water partition coefficient (Wildman–Crippen LogP) is 3.36. The zero-order valence-electron chi connectivity index (χ0n) is 23.6. The van der Waals surface area contributed by atoms with Crippen LogP contribution in [0.3, 0.4) is 0 Å². The zero-order valence-corrected chi connectivity index (χ0v) is 24.4. The summed E-state index contributed by atoms with van der Waals surface area (Å²) in [6.07, 6.45) is 12.6. The summed E-state index contributed by atoms with van der Waals surface area (Å²) >= 11 is 1.75. The number of fused-ring (bicyclic) bond motifs is 1. The van der Waals surface area contributed by atoms with E-state index in [-0.39, 0.29) is 12.1 Å². The van der Waals surface area contributed by atoms with Crippen LogP contribution in [0.1, 0.15) is 37.5 Å². The van der Waals surface area contributed by atoms with Crippen LogP contribution < -0.4 is 21.7 Å². The second kappa shape index (κ2) is 14.4. The van der Waals surface area contributed by atoms with Crippen LogP contribution in [-0.2, 0) is 4.79 Å². The fourth-order valence-electron chi connectivity index (χ4n) is 6.00. The number of hydrogen-bond donors (Lipinski definition) is 4. The van der Waals surface area contributed by atoms with Crippen molar-refractivity contribution in [3.63, 3.8) is 0 Å². The first kappa shape index (κ1) is 29.8. The zero-order chi connectivity index (χ0) is 28.5. The fraction of sp³-hybridized carbons (Fsp3) is 0.467. The summed E-state index contributed by atoms with van der Waals surface area (Å²) in [4.78, 5) is 26.3. The Kier molecular flexibility index (Phi) is 10.7. The van der Waals surface area contributed by atoms with Gasteiger partial charge in [0.1, 0.15) is 6.17 Å². The van der Waals surface area contributed by atoms with Crippen molar-refractivity contribution in [1.29, 1.82) is 0 Å². The number of aliphatic hydroxyl groups excluding tert-OH is 1. The number of amides is 1. The van der Waals surface area contributed by atoms with E-state index in [4.69, 9.17) is 16.6 Å². The van der Waals surface area contributed by atoms with Crippen LogP contribution in [-0.4, -0.2) is 77.9 Å². The van der Waals surface area contributed by atoms with Gasteiger partial charge in [-0.2, -0.15) is 0 Å². The van der Waals surface area contributed by atoms with Crippen molar-refractivity contribution in [2.45, 2.75) is 42.8 Å². The molecule has 1 atom stereocenters. The maximum atomic E-state index is 13.4. The largest absolute Gasteiger partial charge is 0.405 e. The molecular weight excluding hydrogens is 522 g/mol. The van der Waals surface area contributed by atoms with E-state index >= 15 is 0 Å². The summed E-state index contributed by atoms with van der Waals surface area (Å²) in [5, 5.41) is 10.7.